The second-order valence-corrected chi connectivity index (χ2v) is 8.52. The Morgan fingerprint density at radius 1 is 0.893 bits per heavy atom. The maximum absolute atomic E-state index is 13.2. The lowest BCUT2D eigenvalue weighted by Crippen LogP contribution is -2.37. The largest absolute Gasteiger partial charge is 0.303 e. The van der Waals surface area contributed by atoms with Gasteiger partial charge in [0.1, 0.15) is 5.78 Å². The molecule has 1 saturated heterocycles. The van der Waals surface area contributed by atoms with Crippen LogP contribution in [0.2, 0.25) is 0 Å². The Labute approximate surface area is 167 Å². The number of hydrogen-bond acceptors (Lipinski definition) is 4. The van der Waals surface area contributed by atoms with E-state index in [4.69, 9.17) is 0 Å². The SMILES string of the molecule is CC1C(=O)CC(CCCN2CCCCCC2)C2=C1C(=O)c1ccccc1C2=O. The summed E-state index contributed by atoms with van der Waals surface area (Å²) in [5.41, 5.74) is 2.06. The zero-order chi connectivity index (χ0) is 19.7. The van der Waals surface area contributed by atoms with Crippen LogP contribution >= 0.6 is 0 Å². The molecule has 1 aromatic carbocycles. The van der Waals surface area contributed by atoms with Crippen molar-refractivity contribution in [2.24, 2.45) is 11.8 Å². The van der Waals surface area contributed by atoms with Gasteiger partial charge in [-0.2, -0.15) is 0 Å². The van der Waals surface area contributed by atoms with E-state index in [2.05, 4.69) is 4.90 Å². The third kappa shape index (κ3) is 3.50. The first-order valence-corrected chi connectivity index (χ1v) is 10.8. The average molecular weight is 380 g/mol. The Morgan fingerprint density at radius 2 is 1.50 bits per heavy atom. The van der Waals surface area contributed by atoms with Crippen LogP contribution in [0.15, 0.2) is 35.4 Å². The third-order valence-corrected chi connectivity index (χ3v) is 6.69. The maximum atomic E-state index is 13.2. The van der Waals surface area contributed by atoms with Crippen LogP contribution in [0, 0.1) is 11.8 Å². The van der Waals surface area contributed by atoms with Gasteiger partial charge in [-0.3, -0.25) is 14.4 Å². The Morgan fingerprint density at radius 3 is 2.14 bits per heavy atom. The fourth-order valence-electron chi connectivity index (χ4n) is 5.10. The Kier molecular flexibility index (Phi) is 5.58. The molecule has 148 valence electrons. The van der Waals surface area contributed by atoms with Gasteiger partial charge in [0.25, 0.3) is 0 Å². The van der Waals surface area contributed by atoms with E-state index in [0.29, 0.717) is 28.7 Å². The molecule has 1 fully saturated rings. The van der Waals surface area contributed by atoms with Crippen LogP contribution in [0.5, 0.6) is 0 Å². The van der Waals surface area contributed by atoms with Gasteiger partial charge in [-0.05, 0) is 51.2 Å². The predicted octanol–water partition coefficient (Wildman–Crippen LogP) is 4.24. The van der Waals surface area contributed by atoms with Gasteiger partial charge in [-0.25, -0.2) is 0 Å². The average Bonchev–Trinajstić information content (AvgIpc) is 2.97. The monoisotopic (exact) mass is 379 g/mol. The number of allylic oxidation sites excluding steroid dienone is 2. The van der Waals surface area contributed by atoms with Crippen molar-refractivity contribution >= 4 is 17.3 Å². The zero-order valence-electron chi connectivity index (χ0n) is 16.7. The summed E-state index contributed by atoms with van der Waals surface area (Å²) in [7, 11) is 0. The van der Waals surface area contributed by atoms with E-state index < -0.39 is 5.92 Å². The molecule has 4 heteroatoms. The van der Waals surface area contributed by atoms with Crippen molar-refractivity contribution in [3.63, 3.8) is 0 Å². The van der Waals surface area contributed by atoms with Gasteiger partial charge >= 0.3 is 0 Å². The Balaban J connectivity index is 1.55. The summed E-state index contributed by atoms with van der Waals surface area (Å²) in [6.45, 7) is 5.10. The molecule has 0 saturated carbocycles. The van der Waals surface area contributed by atoms with Crippen molar-refractivity contribution in [3.05, 3.63) is 46.5 Å². The minimum atomic E-state index is -0.471. The molecule has 0 amide bonds. The van der Waals surface area contributed by atoms with Crippen LogP contribution in [0.25, 0.3) is 0 Å². The smallest absolute Gasteiger partial charge is 0.190 e. The van der Waals surface area contributed by atoms with Crippen molar-refractivity contribution in [1.82, 2.24) is 4.90 Å². The molecule has 1 aliphatic heterocycles. The molecule has 1 heterocycles. The number of nitrogens with zero attached hydrogens (tertiary/aromatic N) is 1. The highest BCUT2D eigenvalue weighted by Gasteiger charge is 2.43. The van der Waals surface area contributed by atoms with E-state index in [0.717, 1.165) is 32.5 Å². The second-order valence-electron chi connectivity index (χ2n) is 8.52. The summed E-state index contributed by atoms with van der Waals surface area (Å²) in [6.07, 6.45) is 7.31. The van der Waals surface area contributed by atoms with Crippen LogP contribution < -0.4 is 0 Å². The highest BCUT2D eigenvalue weighted by atomic mass is 16.1. The molecule has 0 radical (unpaired) electrons. The minimum Gasteiger partial charge on any atom is -0.303 e. The van der Waals surface area contributed by atoms with Crippen molar-refractivity contribution in [2.75, 3.05) is 19.6 Å². The predicted molar refractivity (Wildman–Crippen MR) is 109 cm³/mol. The minimum absolute atomic E-state index is 0.0377. The second kappa shape index (κ2) is 8.12. The molecule has 0 N–H and O–H groups in total. The summed E-state index contributed by atoms with van der Waals surface area (Å²) in [5.74, 6) is -0.649. The molecule has 0 bridgehead atoms. The molecule has 0 spiro atoms. The van der Waals surface area contributed by atoms with Crippen LogP contribution in [0.4, 0.5) is 0 Å². The van der Waals surface area contributed by atoms with Crippen LogP contribution in [-0.2, 0) is 4.79 Å². The number of ketones is 3. The molecular formula is C24H29NO3. The van der Waals surface area contributed by atoms with E-state index >= 15 is 0 Å². The lowest BCUT2D eigenvalue weighted by Gasteiger charge is -2.34. The third-order valence-electron chi connectivity index (χ3n) is 6.69. The highest BCUT2D eigenvalue weighted by molar-refractivity contribution is 6.29. The first-order valence-electron chi connectivity index (χ1n) is 10.8. The normalized spacial score (nSPS) is 26.1. The first-order chi connectivity index (χ1) is 13.6. The van der Waals surface area contributed by atoms with Crippen LogP contribution in [-0.4, -0.2) is 41.9 Å². The molecule has 1 aromatic rings. The molecule has 4 nitrogen and oxygen atoms in total. The number of hydrogen-bond donors (Lipinski definition) is 0. The van der Waals surface area contributed by atoms with Crippen LogP contribution in [0.1, 0.15) is 72.6 Å². The number of carbonyl (C=O) groups is 3. The summed E-state index contributed by atoms with van der Waals surface area (Å²) < 4.78 is 0. The van der Waals surface area contributed by atoms with Crippen molar-refractivity contribution in [1.29, 1.82) is 0 Å². The molecule has 28 heavy (non-hydrogen) atoms. The summed E-state index contributed by atoms with van der Waals surface area (Å²) in [6, 6.07) is 7.04. The van der Waals surface area contributed by atoms with E-state index in [9.17, 15) is 14.4 Å². The summed E-state index contributed by atoms with van der Waals surface area (Å²) in [5, 5.41) is 0. The van der Waals surface area contributed by atoms with E-state index in [1.54, 1.807) is 31.2 Å². The first kappa shape index (κ1) is 19.3. The number of carbonyl (C=O) groups excluding carboxylic acids is 3. The Bertz CT molecular complexity index is 830. The number of Topliss-reactive ketones (excluding diaryl/α,β-unsaturated/α-hetero) is 3. The fourth-order valence-corrected chi connectivity index (χ4v) is 5.10. The van der Waals surface area contributed by atoms with Crippen molar-refractivity contribution in [2.45, 2.75) is 51.9 Å². The van der Waals surface area contributed by atoms with Gasteiger partial charge in [-0.15, -0.1) is 0 Å². The van der Waals surface area contributed by atoms with E-state index in [1.807, 2.05) is 0 Å². The lowest BCUT2D eigenvalue weighted by atomic mass is 9.67. The van der Waals surface area contributed by atoms with Gasteiger partial charge in [0.15, 0.2) is 11.6 Å². The van der Waals surface area contributed by atoms with Gasteiger partial charge in [-0.1, -0.05) is 44.0 Å². The van der Waals surface area contributed by atoms with E-state index in [1.165, 1.54) is 25.7 Å². The van der Waals surface area contributed by atoms with Gasteiger partial charge in [0.2, 0.25) is 0 Å². The number of likely N-dealkylation sites (tertiary alicyclic amines) is 1. The van der Waals surface area contributed by atoms with Crippen molar-refractivity contribution in [3.8, 4) is 0 Å². The molecule has 2 unspecified atom stereocenters. The topological polar surface area (TPSA) is 54.5 Å². The maximum Gasteiger partial charge on any atom is 0.190 e. The number of benzene rings is 1. The molecule has 2 aliphatic carbocycles. The quantitative estimate of drug-likeness (QED) is 0.785. The van der Waals surface area contributed by atoms with Crippen LogP contribution in [0.3, 0.4) is 0 Å². The molecule has 4 rings (SSSR count). The van der Waals surface area contributed by atoms with Gasteiger partial charge in [0.05, 0.1) is 0 Å². The standard InChI is InChI=1S/C24H29NO3/c1-16-20(26)15-17(9-8-14-25-12-6-2-3-7-13-25)22-21(16)23(27)18-10-4-5-11-19(18)24(22)28/h4-5,10-11,16-17H,2-3,6-9,12-15H2,1H3. The van der Waals surface area contributed by atoms with Gasteiger partial charge < -0.3 is 4.90 Å². The molecule has 0 aromatic heterocycles. The van der Waals surface area contributed by atoms with E-state index in [-0.39, 0.29) is 23.3 Å². The lowest BCUT2D eigenvalue weighted by molar-refractivity contribution is -0.122. The summed E-state index contributed by atoms with van der Waals surface area (Å²) >= 11 is 0. The molecular weight excluding hydrogens is 350 g/mol. The highest BCUT2D eigenvalue weighted by Crippen LogP contribution is 2.41. The molecule has 2 atom stereocenters. The fraction of sp³-hybridized carbons (Fsp3) is 0.542. The molecule has 3 aliphatic rings. The zero-order valence-corrected chi connectivity index (χ0v) is 16.7. The van der Waals surface area contributed by atoms with Crippen molar-refractivity contribution < 1.29 is 14.4 Å². The van der Waals surface area contributed by atoms with Gasteiger partial charge in [0, 0.05) is 34.6 Å². The number of rotatable bonds is 4. The number of fused-ring (bicyclic) bond motifs is 1. The summed E-state index contributed by atoms with van der Waals surface area (Å²) in [4.78, 5) is 41.5. The Hall–Kier alpha value is -2.07.